The van der Waals surface area contributed by atoms with Crippen molar-refractivity contribution in [1.82, 2.24) is 4.90 Å². The molecular formula is C20H27NO3. The van der Waals surface area contributed by atoms with Gasteiger partial charge in [0, 0.05) is 48.0 Å². The van der Waals surface area contributed by atoms with Gasteiger partial charge in [-0.3, -0.25) is 4.79 Å². The minimum Gasteiger partial charge on any atom is -0.493 e. The van der Waals surface area contributed by atoms with E-state index in [1.165, 1.54) is 16.7 Å². The fourth-order valence-electron chi connectivity index (χ4n) is 4.30. The topological polar surface area (TPSA) is 38.8 Å². The molecule has 4 heteroatoms. The van der Waals surface area contributed by atoms with Gasteiger partial charge in [-0.2, -0.15) is 0 Å². The monoisotopic (exact) mass is 329 g/mol. The minimum atomic E-state index is -0.293. The Hall–Kier alpha value is -1.71. The van der Waals surface area contributed by atoms with Crippen molar-refractivity contribution < 1.29 is 14.3 Å². The van der Waals surface area contributed by atoms with Gasteiger partial charge in [0.15, 0.2) is 0 Å². The van der Waals surface area contributed by atoms with Gasteiger partial charge in [0.2, 0.25) is 5.91 Å². The van der Waals surface area contributed by atoms with E-state index in [0.29, 0.717) is 5.92 Å². The molecule has 1 fully saturated rings. The van der Waals surface area contributed by atoms with Crippen LogP contribution in [0.3, 0.4) is 0 Å². The molecule has 0 radical (unpaired) electrons. The molecule has 4 nitrogen and oxygen atoms in total. The van der Waals surface area contributed by atoms with Crippen LogP contribution in [0, 0.1) is 5.41 Å². The Morgan fingerprint density at radius 1 is 1.12 bits per heavy atom. The summed E-state index contributed by atoms with van der Waals surface area (Å²) in [5, 5.41) is 0. The summed E-state index contributed by atoms with van der Waals surface area (Å²) in [6.45, 7) is 9.27. The summed E-state index contributed by atoms with van der Waals surface area (Å²) in [6.07, 6.45) is 4.02. The van der Waals surface area contributed by atoms with E-state index in [1.54, 1.807) is 0 Å². The number of likely N-dealkylation sites (tertiary alicyclic amines) is 1. The zero-order valence-corrected chi connectivity index (χ0v) is 15.0. The number of piperidine rings is 1. The molecule has 24 heavy (non-hydrogen) atoms. The summed E-state index contributed by atoms with van der Waals surface area (Å²) < 4.78 is 11.8. The lowest BCUT2D eigenvalue weighted by Gasteiger charge is -2.36. The van der Waals surface area contributed by atoms with Gasteiger partial charge >= 0.3 is 0 Å². The van der Waals surface area contributed by atoms with Crippen LogP contribution >= 0.6 is 0 Å². The molecule has 1 aromatic carbocycles. The fourth-order valence-corrected chi connectivity index (χ4v) is 4.30. The molecule has 1 saturated heterocycles. The molecule has 3 aliphatic rings. The van der Waals surface area contributed by atoms with Crippen LogP contribution < -0.4 is 9.47 Å². The number of carbonyl (C=O) groups is 1. The van der Waals surface area contributed by atoms with Crippen molar-refractivity contribution in [2.75, 3.05) is 26.3 Å². The van der Waals surface area contributed by atoms with Crippen LogP contribution in [-0.4, -0.2) is 37.1 Å². The summed E-state index contributed by atoms with van der Waals surface area (Å²) >= 11 is 0. The summed E-state index contributed by atoms with van der Waals surface area (Å²) in [7, 11) is 0. The third-order valence-corrected chi connectivity index (χ3v) is 5.52. The smallest absolute Gasteiger partial charge is 0.227 e. The summed E-state index contributed by atoms with van der Waals surface area (Å²) in [5.41, 5.74) is 3.76. The number of hydrogen-bond acceptors (Lipinski definition) is 3. The van der Waals surface area contributed by atoms with Crippen LogP contribution in [0.2, 0.25) is 0 Å². The predicted molar refractivity (Wildman–Crippen MR) is 92.9 cm³/mol. The van der Waals surface area contributed by atoms with Crippen molar-refractivity contribution in [3.63, 3.8) is 0 Å². The van der Waals surface area contributed by atoms with E-state index in [9.17, 15) is 4.79 Å². The number of amides is 1. The molecule has 1 aromatic rings. The van der Waals surface area contributed by atoms with Gasteiger partial charge in [-0.25, -0.2) is 0 Å². The van der Waals surface area contributed by atoms with Gasteiger partial charge < -0.3 is 14.4 Å². The molecule has 0 aromatic heterocycles. The molecule has 1 amide bonds. The zero-order chi connectivity index (χ0) is 16.9. The molecule has 0 N–H and O–H groups in total. The Kier molecular flexibility index (Phi) is 3.74. The Morgan fingerprint density at radius 3 is 2.54 bits per heavy atom. The van der Waals surface area contributed by atoms with Crippen molar-refractivity contribution in [2.45, 2.75) is 52.4 Å². The first-order chi connectivity index (χ1) is 11.4. The Balaban J connectivity index is 1.58. The van der Waals surface area contributed by atoms with Gasteiger partial charge in [0.25, 0.3) is 0 Å². The molecule has 0 aliphatic carbocycles. The number of ether oxygens (including phenoxy) is 2. The standard InChI is InChI=1S/C20H27NO3/c1-20(2,3)19(22)21-8-4-13(5-9-21)17-15-7-11-23-16(15)12-14-6-10-24-18(14)17/h12-13H,4-11H2,1-3H3. The van der Waals surface area contributed by atoms with Gasteiger partial charge in [-0.15, -0.1) is 0 Å². The van der Waals surface area contributed by atoms with Gasteiger partial charge in [-0.1, -0.05) is 20.8 Å². The van der Waals surface area contributed by atoms with Crippen LogP contribution in [0.5, 0.6) is 11.5 Å². The normalized spacial score (nSPS) is 20.4. The van der Waals surface area contributed by atoms with E-state index in [1.807, 2.05) is 25.7 Å². The number of fused-ring (bicyclic) bond motifs is 2. The van der Waals surface area contributed by atoms with Crippen molar-refractivity contribution in [2.24, 2.45) is 5.41 Å². The van der Waals surface area contributed by atoms with Crippen molar-refractivity contribution in [1.29, 1.82) is 0 Å². The van der Waals surface area contributed by atoms with E-state index in [0.717, 1.165) is 63.5 Å². The van der Waals surface area contributed by atoms with Gasteiger partial charge in [-0.05, 0) is 24.8 Å². The second-order valence-corrected chi connectivity index (χ2v) is 8.27. The first-order valence-corrected chi connectivity index (χ1v) is 9.19. The highest BCUT2D eigenvalue weighted by Crippen LogP contribution is 2.46. The number of benzene rings is 1. The second kappa shape index (κ2) is 5.68. The molecule has 0 bridgehead atoms. The fraction of sp³-hybridized carbons (Fsp3) is 0.650. The third-order valence-electron chi connectivity index (χ3n) is 5.52. The van der Waals surface area contributed by atoms with Gasteiger partial charge in [0.05, 0.1) is 13.2 Å². The lowest BCUT2D eigenvalue weighted by molar-refractivity contribution is -0.140. The SMILES string of the molecule is CC(C)(C)C(=O)N1CCC(c2c3c(cc4c2OCC4)OCC3)CC1. The first-order valence-electron chi connectivity index (χ1n) is 9.19. The summed E-state index contributed by atoms with van der Waals surface area (Å²) in [4.78, 5) is 14.6. The zero-order valence-electron chi connectivity index (χ0n) is 15.0. The highest BCUT2D eigenvalue weighted by molar-refractivity contribution is 5.81. The Morgan fingerprint density at radius 2 is 1.83 bits per heavy atom. The van der Waals surface area contributed by atoms with Crippen molar-refractivity contribution in [3.05, 3.63) is 22.8 Å². The minimum absolute atomic E-state index is 0.268. The maximum absolute atomic E-state index is 12.5. The molecule has 130 valence electrons. The van der Waals surface area contributed by atoms with Crippen LogP contribution in [0.1, 0.15) is 56.2 Å². The average Bonchev–Trinajstić information content (AvgIpc) is 3.19. The maximum atomic E-state index is 12.5. The second-order valence-electron chi connectivity index (χ2n) is 8.27. The quantitative estimate of drug-likeness (QED) is 0.793. The van der Waals surface area contributed by atoms with Crippen molar-refractivity contribution in [3.8, 4) is 11.5 Å². The molecule has 0 spiro atoms. The Labute approximate surface area is 144 Å². The summed E-state index contributed by atoms with van der Waals surface area (Å²) in [5.74, 6) is 2.95. The molecule has 0 unspecified atom stereocenters. The lowest BCUT2D eigenvalue weighted by Crippen LogP contribution is -2.43. The molecule has 4 rings (SSSR count). The van der Waals surface area contributed by atoms with Crippen LogP contribution in [-0.2, 0) is 17.6 Å². The molecule has 3 heterocycles. The molecule has 0 atom stereocenters. The van der Waals surface area contributed by atoms with E-state index in [2.05, 4.69) is 6.07 Å². The first kappa shape index (κ1) is 15.8. The number of carbonyl (C=O) groups excluding carboxylic acids is 1. The lowest BCUT2D eigenvalue weighted by atomic mass is 9.83. The van der Waals surface area contributed by atoms with Crippen LogP contribution in [0.25, 0.3) is 0 Å². The highest BCUT2D eigenvalue weighted by Gasteiger charge is 2.35. The number of rotatable bonds is 1. The average molecular weight is 329 g/mol. The van der Waals surface area contributed by atoms with E-state index < -0.39 is 0 Å². The van der Waals surface area contributed by atoms with E-state index in [4.69, 9.17) is 9.47 Å². The van der Waals surface area contributed by atoms with Gasteiger partial charge in [0.1, 0.15) is 11.5 Å². The number of hydrogen-bond donors (Lipinski definition) is 0. The van der Waals surface area contributed by atoms with Crippen LogP contribution in [0.4, 0.5) is 0 Å². The molecule has 0 saturated carbocycles. The third kappa shape index (κ3) is 2.56. The van der Waals surface area contributed by atoms with E-state index in [-0.39, 0.29) is 11.3 Å². The predicted octanol–water partition coefficient (Wildman–Crippen LogP) is 3.31. The van der Waals surface area contributed by atoms with Crippen LogP contribution in [0.15, 0.2) is 6.07 Å². The summed E-state index contributed by atoms with van der Waals surface area (Å²) in [6, 6.07) is 2.19. The molecular weight excluding hydrogens is 302 g/mol. The highest BCUT2D eigenvalue weighted by atomic mass is 16.5. The largest absolute Gasteiger partial charge is 0.493 e. The van der Waals surface area contributed by atoms with Crippen molar-refractivity contribution >= 4 is 5.91 Å². The maximum Gasteiger partial charge on any atom is 0.227 e. The Bertz CT molecular complexity index is 634. The van der Waals surface area contributed by atoms with E-state index >= 15 is 0 Å². The molecule has 3 aliphatic heterocycles. The number of nitrogens with zero attached hydrogens (tertiary/aromatic N) is 1.